The fourth-order valence-corrected chi connectivity index (χ4v) is 2.79. The van der Waals surface area contributed by atoms with Crippen molar-refractivity contribution in [1.29, 1.82) is 5.26 Å². The lowest BCUT2D eigenvalue weighted by atomic mass is 10.1. The Bertz CT molecular complexity index is 1140. The van der Waals surface area contributed by atoms with E-state index in [1.807, 2.05) is 6.07 Å². The predicted octanol–water partition coefficient (Wildman–Crippen LogP) is 4.68. The maximum absolute atomic E-state index is 13.1. The van der Waals surface area contributed by atoms with Gasteiger partial charge in [0.25, 0.3) is 5.56 Å². The Balaban J connectivity index is 2.18. The van der Waals surface area contributed by atoms with Crippen LogP contribution in [0.15, 0.2) is 63.6 Å². The first-order chi connectivity index (χ1) is 13.5. The Morgan fingerprint density at radius 3 is 2.32 bits per heavy atom. The molecular formula is C20H16ClN5O2. The van der Waals surface area contributed by atoms with Crippen LogP contribution in [0.2, 0.25) is 5.02 Å². The first kappa shape index (κ1) is 19.1. The summed E-state index contributed by atoms with van der Waals surface area (Å²) in [4.78, 5) is 13.1. The summed E-state index contributed by atoms with van der Waals surface area (Å²) in [7, 11) is 1.55. The monoisotopic (exact) mass is 393 g/mol. The van der Waals surface area contributed by atoms with Crippen molar-refractivity contribution in [3.05, 3.63) is 75.0 Å². The number of rotatable bonds is 4. The minimum absolute atomic E-state index is 0.0384. The number of aromatic nitrogens is 1. The highest BCUT2D eigenvalue weighted by Crippen LogP contribution is 2.27. The molecule has 0 aliphatic rings. The molecule has 7 nitrogen and oxygen atoms in total. The normalized spacial score (nSPS) is 10.8. The van der Waals surface area contributed by atoms with Crippen molar-refractivity contribution in [2.24, 2.45) is 10.2 Å². The van der Waals surface area contributed by atoms with Crippen molar-refractivity contribution in [3.63, 3.8) is 0 Å². The van der Waals surface area contributed by atoms with Crippen LogP contribution in [0, 0.1) is 18.3 Å². The third kappa shape index (κ3) is 3.59. The molecule has 0 aliphatic carbocycles. The summed E-state index contributed by atoms with van der Waals surface area (Å²) in [5.74, 6) is 0.672. The van der Waals surface area contributed by atoms with Gasteiger partial charge in [-0.25, -0.2) is 0 Å². The summed E-state index contributed by atoms with van der Waals surface area (Å²) in [5.41, 5.74) is 7.22. The molecule has 8 heteroatoms. The number of hydrogen-bond acceptors (Lipinski definition) is 6. The molecule has 0 saturated carbocycles. The largest absolute Gasteiger partial charge is 0.497 e. The number of anilines is 1. The Morgan fingerprint density at radius 1 is 1.11 bits per heavy atom. The molecule has 1 heterocycles. The number of azo groups is 1. The lowest BCUT2D eigenvalue weighted by molar-refractivity contribution is 0.414. The Kier molecular flexibility index (Phi) is 5.43. The van der Waals surface area contributed by atoms with E-state index in [-0.39, 0.29) is 17.1 Å². The van der Waals surface area contributed by atoms with E-state index in [0.29, 0.717) is 27.7 Å². The summed E-state index contributed by atoms with van der Waals surface area (Å²) in [6, 6.07) is 15.5. The van der Waals surface area contributed by atoms with Gasteiger partial charge in [0.1, 0.15) is 17.6 Å². The second-order valence-electron chi connectivity index (χ2n) is 5.86. The number of pyridine rings is 1. The van der Waals surface area contributed by atoms with Crippen LogP contribution in [0.3, 0.4) is 0 Å². The van der Waals surface area contributed by atoms with E-state index in [1.165, 1.54) is 4.57 Å². The van der Waals surface area contributed by atoms with Gasteiger partial charge in [-0.2, -0.15) is 10.4 Å². The molecule has 2 N–H and O–H groups in total. The van der Waals surface area contributed by atoms with Gasteiger partial charge in [0.05, 0.1) is 24.0 Å². The minimum Gasteiger partial charge on any atom is -0.497 e. The molecule has 0 radical (unpaired) electrons. The first-order valence-corrected chi connectivity index (χ1v) is 8.61. The molecule has 28 heavy (non-hydrogen) atoms. The molecule has 0 bridgehead atoms. The van der Waals surface area contributed by atoms with Crippen LogP contribution in [0.4, 0.5) is 17.2 Å². The van der Waals surface area contributed by atoms with Crippen LogP contribution >= 0.6 is 11.6 Å². The van der Waals surface area contributed by atoms with Crippen LogP contribution in [-0.2, 0) is 0 Å². The number of hydrogen-bond donors (Lipinski definition) is 1. The summed E-state index contributed by atoms with van der Waals surface area (Å²) in [6.07, 6.45) is 0. The van der Waals surface area contributed by atoms with Crippen molar-refractivity contribution in [3.8, 4) is 17.5 Å². The highest BCUT2D eigenvalue weighted by Gasteiger charge is 2.19. The lowest BCUT2D eigenvalue weighted by Crippen LogP contribution is -2.23. The average molecular weight is 394 g/mol. The zero-order chi connectivity index (χ0) is 20.3. The molecule has 0 amide bonds. The van der Waals surface area contributed by atoms with Gasteiger partial charge in [0, 0.05) is 10.6 Å². The van der Waals surface area contributed by atoms with Crippen molar-refractivity contribution >= 4 is 28.8 Å². The van der Waals surface area contributed by atoms with Gasteiger partial charge in [-0.1, -0.05) is 11.6 Å². The van der Waals surface area contributed by atoms with Crippen LogP contribution in [-0.4, -0.2) is 11.7 Å². The van der Waals surface area contributed by atoms with Crippen LogP contribution < -0.4 is 16.0 Å². The number of nitriles is 1. The van der Waals surface area contributed by atoms with Gasteiger partial charge in [0.15, 0.2) is 5.69 Å². The van der Waals surface area contributed by atoms with Crippen molar-refractivity contribution in [2.45, 2.75) is 6.92 Å². The SMILES string of the molecule is COc1ccc(-n2c(N)c(C#N)c(C)c(N=Nc3ccc(Cl)cc3)c2=O)cc1. The molecule has 0 aliphatic heterocycles. The Labute approximate surface area is 166 Å². The zero-order valence-corrected chi connectivity index (χ0v) is 15.9. The van der Waals surface area contributed by atoms with Crippen LogP contribution in [0.5, 0.6) is 5.75 Å². The maximum Gasteiger partial charge on any atom is 0.284 e. The van der Waals surface area contributed by atoms with E-state index < -0.39 is 5.56 Å². The number of nitrogen functional groups attached to an aromatic ring is 1. The van der Waals surface area contributed by atoms with Crippen molar-refractivity contribution < 1.29 is 4.74 Å². The second-order valence-corrected chi connectivity index (χ2v) is 6.30. The fraction of sp³-hybridized carbons (Fsp3) is 0.100. The summed E-state index contributed by atoms with van der Waals surface area (Å²) < 4.78 is 6.37. The third-order valence-corrected chi connectivity index (χ3v) is 4.42. The molecule has 140 valence electrons. The quantitative estimate of drug-likeness (QED) is 0.649. The summed E-state index contributed by atoms with van der Waals surface area (Å²) in [6.45, 7) is 1.62. The van der Waals surface area contributed by atoms with E-state index in [2.05, 4.69) is 10.2 Å². The molecule has 0 fully saturated rings. The molecule has 0 atom stereocenters. The molecule has 3 aromatic rings. The second kappa shape index (κ2) is 7.94. The number of nitrogens with zero attached hydrogens (tertiary/aromatic N) is 4. The summed E-state index contributed by atoms with van der Waals surface area (Å²) in [5, 5.41) is 18.3. The van der Waals surface area contributed by atoms with E-state index in [9.17, 15) is 10.1 Å². The number of methoxy groups -OCH3 is 1. The number of ether oxygens (including phenoxy) is 1. The maximum atomic E-state index is 13.1. The topological polar surface area (TPSA) is 106 Å². The van der Waals surface area contributed by atoms with E-state index in [0.717, 1.165) is 0 Å². The number of nitrogens with two attached hydrogens (primary N) is 1. The van der Waals surface area contributed by atoms with Gasteiger partial charge < -0.3 is 10.5 Å². The van der Waals surface area contributed by atoms with E-state index in [1.54, 1.807) is 62.6 Å². The van der Waals surface area contributed by atoms with Crippen LogP contribution in [0.1, 0.15) is 11.1 Å². The smallest absolute Gasteiger partial charge is 0.284 e. The standard InChI is InChI=1S/C20H16ClN5O2/c1-12-17(11-22)19(23)26(15-7-9-16(28-2)10-8-15)20(27)18(12)25-24-14-5-3-13(21)4-6-14/h3-10H,23H2,1-2H3. The molecular weight excluding hydrogens is 378 g/mol. The third-order valence-electron chi connectivity index (χ3n) is 4.17. The average Bonchev–Trinajstić information content (AvgIpc) is 2.70. The molecule has 0 saturated heterocycles. The predicted molar refractivity (Wildman–Crippen MR) is 108 cm³/mol. The highest BCUT2D eigenvalue weighted by atomic mass is 35.5. The minimum atomic E-state index is -0.475. The summed E-state index contributed by atoms with van der Waals surface area (Å²) >= 11 is 5.86. The Morgan fingerprint density at radius 2 is 1.75 bits per heavy atom. The van der Waals surface area contributed by atoms with Gasteiger partial charge in [-0.05, 0) is 55.5 Å². The van der Waals surface area contributed by atoms with Crippen molar-refractivity contribution in [1.82, 2.24) is 4.57 Å². The number of benzene rings is 2. The van der Waals surface area contributed by atoms with E-state index >= 15 is 0 Å². The zero-order valence-electron chi connectivity index (χ0n) is 15.2. The van der Waals surface area contributed by atoms with E-state index in [4.69, 9.17) is 22.1 Å². The lowest BCUT2D eigenvalue weighted by Gasteiger charge is -2.14. The Hall–Kier alpha value is -3.63. The van der Waals surface area contributed by atoms with Crippen LogP contribution in [0.25, 0.3) is 5.69 Å². The fourth-order valence-electron chi connectivity index (χ4n) is 2.66. The van der Waals surface area contributed by atoms with Gasteiger partial charge in [-0.15, -0.1) is 5.11 Å². The number of halogens is 1. The molecule has 1 aromatic heterocycles. The molecule has 2 aromatic carbocycles. The van der Waals surface area contributed by atoms with Gasteiger partial charge in [-0.3, -0.25) is 9.36 Å². The molecule has 0 spiro atoms. The van der Waals surface area contributed by atoms with Gasteiger partial charge >= 0.3 is 0 Å². The van der Waals surface area contributed by atoms with Gasteiger partial charge in [0.2, 0.25) is 0 Å². The van der Waals surface area contributed by atoms with Crippen molar-refractivity contribution in [2.75, 3.05) is 12.8 Å². The molecule has 0 unspecified atom stereocenters. The first-order valence-electron chi connectivity index (χ1n) is 8.23. The highest BCUT2D eigenvalue weighted by molar-refractivity contribution is 6.30. The molecule has 3 rings (SSSR count).